The minimum Gasteiger partial charge on any atom is -0.354 e. The van der Waals surface area contributed by atoms with E-state index in [0.717, 1.165) is 5.69 Å². The van der Waals surface area contributed by atoms with Gasteiger partial charge >= 0.3 is 0 Å². The first-order chi connectivity index (χ1) is 8.63. The minimum atomic E-state index is -0.746. The Morgan fingerprint density at radius 2 is 2.44 bits per heavy atom. The van der Waals surface area contributed by atoms with Gasteiger partial charge in [-0.25, -0.2) is 10.1 Å². The quantitative estimate of drug-likeness (QED) is 0.224. The molecule has 0 saturated heterocycles. The van der Waals surface area contributed by atoms with E-state index in [1.165, 1.54) is 11.5 Å². The zero-order valence-corrected chi connectivity index (χ0v) is 11.0. The van der Waals surface area contributed by atoms with Crippen molar-refractivity contribution in [1.29, 1.82) is 0 Å². The summed E-state index contributed by atoms with van der Waals surface area (Å²) in [5, 5.41) is 23.2. The summed E-state index contributed by atoms with van der Waals surface area (Å²) in [5.41, 5.74) is 0.993. The van der Waals surface area contributed by atoms with Crippen molar-refractivity contribution in [3.63, 3.8) is 0 Å². The van der Waals surface area contributed by atoms with Crippen LogP contribution in [0.15, 0.2) is 16.5 Å². The van der Waals surface area contributed by atoms with E-state index < -0.39 is 5.03 Å². The van der Waals surface area contributed by atoms with Crippen LogP contribution >= 0.6 is 11.5 Å². The average molecular weight is 272 g/mol. The fourth-order valence-corrected chi connectivity index (χ4v) is 1.88. The number of hydrogen-bond donors (Lipinski definition) is 3. The van der Waals surface area contributed by atoms with E-state index in [2.05, 4.69) is 25.4 Å². The highest BCUT2D eigenvalue weighted by Crippen LogP contribution is 2.10. The van der Waals surface area contributed by atoms with Gasteiger partial charge in [-0.1, -0.05) is 0 Å². The lowest BCUT2D eigenvalue weighted by molar-refractivity contribution is -0.485. The molecule has 1 heterocycles. The number of nitrogens with zero attached hydrogens (tertiary/aromatic N) is 3. The molecule has 0 spiro atoms. The van der Waals surface area contributed by atoms with Gasteiger partial charge in [0, 0.05) is 31.6 Å². The van der Waals surface area contributed by atoms with Gasteiger partial charge in [-0.05, 0) is 24.5 Å². The van der Waals surface area contributed by atoms with Crippen molar-refractivity contribution in [2.45, 2.75) is 13.0 Å². The van der Waals surface area contributed by atoms with Gasteiger partial charge < -0.3 is 16.0 Å². The van der Waals surface area contributed by atoms with Crippen LogP contribution < -0.4 is 16.0 Å². The molecule has 1 atom stereocenters. The van der Waals surface area contributed by atoms with Crippen LogP contribution in [0.3, 0.4) is 0 Å². The van der Waals surface area contributed by atoms with Crippen LogP contribution in [0.25, 0.3) is 0 Å². The Kier molecular flexibility index (Phi) is 6.01. The van der Waals surface area contributed by atoms with Crippen LogP contribution in [0.4, 0.5) is 0 Å². The van der Waals surface area contributed by atoms with Crippen molar-refractivity contribution in [2.24, 2.45) is 5.10 Å². The number of guanidine groups is 1. The van der Waals surface area contributed by atoms with Crippen LogP contribution in [0.5, 0.6) is 0 Å². The molecule has 1 aromatic heterocycles. The molecule has 0 fully saturated rings. The average Bonchev–Trinajstić information content (AvgIpc) is 2.86. The Bertz CT molecular complexity index is 394. The molecular formula is C9H16N6O2S. The van der Waals surface area contributed by atoms with Gasteiger partial charge in [0.15, 0.2) is 5.03 Å². The van der Waals surface area contributed by atoms with Gasteiger partial charge in [0.25, 0.3) is 5.96 Å². The highest BCUT2D eigenvalue weighted by molar-refractivity contribution is 7.03. The highest BCUT2D eigenvalue weighted by Gasteiger charge is 2.06. The molecule has 0 aliphatic rings. The number of hydrazone groups is 1. The SMILES string of the molecule is CNC(=N[N+](=O)[O-])NCCNC(C)c1ccsn1. The van der Waals surface area contributed by atoms with E-state index in [0.29, 0.717) is 13.1 Å². The summed E-state index contributed by atoms with van der Waals surface area (Å²) < 4.78 is 4.22. The lowest BCUT2D eigenvalue weighted by Gasteiger charge is -2.12. The topological polar surface area (TPSA) is 104 Å². The first-order valence-electron chi connectivity index (χ1n) is 5.41. The third-order valence-corrected chi connectivity index (χ3v) is 2.76. The molecule has 0 amide bonds. The number of aromatic nitrogens is 1. The fraction of sp³-hybridized carbons (Fsp3) is 0.556. The Morgan fingerprint density at radius 3 is 3.00 bits per heavy atom. The van der Waals surface area contributed by atoms with Crippen molar-refractivity contribution >= 4 is 17.5 Å². The number of nitrogens with one attached hydrogen (secondary N) is 3. The van der Waals surface area contributed by atoms with Crippen molar-refractivity contribution in [3.05, 3.63) is 27.3 Å². The van der Waals surface area contributed by atoms with Gasteiger partial charge in [0.05, 0.1) is 5.69 Å². The monoisotopic (exact) mass is 272 g/mol. The largest absolute Gasteiger partial charge is 0.354 e. The molecule has 1 unspecified atom stereocenters. The first-order valence-corrected chi connectivity index (χ1v) is 6.25. The normalized spacial score (nSPS) is 13.1. The van der Waals surface area contributed by atoms with Crippen LogP contribution in [0.1, 0.15) is 18.7 Å². The molecular weight excluding hydrogens is 256 g/mol. The predicted octanol–water partition coefficient (Wildman–Crippen LogP) is 0.150. The zero-order chi connectivity index (χ0) is 13.4. The van der Waals surface area contributed by atoms with E-state index in [4.69, 9.17) is 0 Å². The third-order valence-electron chi connectivity index (χ3n) is 2.19. The predicted molar refractivity (Wildman–Crippen MR) is 70.0 cm³/mol. The minimum absolute atomic E-state index is 0.142. The zero-order valence-electron chi connectivity index (χ0n) is 10.2. The highest BCUT2D eigenvalue weighted by atomic mass is 32.1. The summed E-state index contributed by atoms with van der Waals surface area (Å²) in [6, 6.07) is 2.12. The molecule has 0 aliphatic heterocycles. The molecule has 0 saturated carbocycles. The summed E-state index contributed by atoms with van der Waals surface area (Å²) >= 11 is 1.41. The van der Waals surface area contributed by atoms with E-state index in [1.807, 2.05) is 18.4 Å². The Morgan fingerprint density at radius 1 is 1.67 bits per heavy atom. The van der Waals surface area contributed by atoms with E-state index in [1.54, 1.807) is 7.05 Å². The maximum atomic E-state index is 10.2. The summed E-state index contributed by atoms with van der Waals surface area (Å²) in [6.07, 6.45) is 0. The van der Waals surface area contributed by atoms with Gasteiger partial charge in [-0.15, -0.1) is 0 Å². The Hall–Kier alpha value is -1.74. The molecule has 9 heteroatoms. The molecule has 100 valence electrons. The smallest absolute Gasteiger partial charge is 0.268 e. The summed E-state index contributed by atoms with van der Waals surface area (Å²) in [4.78, 5) is 10.2. The lowest BCUT2D eigenvalue weighted by Crippen LogP contribution is -2.39. The van der Waals surface area contributed by atoms with Crippen molar-refractivity contribution in [3.8, 4) is 0 Å². The van der Waals surface area contributed by atoms with E-state index in [9.17, 15) is 10.1 Å². The third kappa shape index (κ3) is 5.06. The number of nitro groups is 1. The molecule has 0 aromatic carbocycles. The summed E-state index contributed by atoms with van der Waals surface area (Å²) in [5.74, 6) is 0.142. The van der Waals surface area contributed by atoms with Gasteiger partial charge in [0.2, 0.25) is 0 Å². The second-order valence-electron chi connectivity index (χ2n) is 3.46. The molecule has 8 nitrogen and oxygen atoms in total. The summed E-state index contributed by atoms with van der Waals surface area (Å²) in [6.45, 7) is 3.19. The number of rotatable bonds is 6. The van der Waals surface area contributed by atoms with Gasteiger partial charge in [0.1, 0.15) is 5.10 Å². The lowest BCUT2D eigenvalue weighted by atomic mass is 10.2. The Labute approximate surface area is 109 Å². The molecule has 0 bridgehead atoms. The van der Waals surface area contributed by atoms with Gasteiger partial charge in [-0.3, -0.25) is 0 Å². The molecule has 0 radical (unpaired) electrons. The van der Waals surface area contributed by atoms with E-state index in [-0.39, 0.29) is 12.0 Å². The van der Waals surface area contributed by atoms with Gasteiger partial charge in [-0.2, -0.15) is 4.37 Å². The first kappa shape index (κ1) is 14.3. The molecule has 1 rings (SSSR count). The van der Waals surface area contributed by atoms with Crippen molar-refractivity contribution in [2.75, 3.05) is 20.1 Å². The molecule has 18 heavy (non-hydrogen) atoms. The van der Waals surface area contributed by atoms with Crippen LogP contribution in [0.2, 0.25) is 0 Å². The maximum Gasteiger partial charge on any atom is 0.268 e. The van der Waals surface area contributed by atoms with Crippen LogP contribution in [-0.2, 0) is 0 Å². The fourth-order valence-electron chi connectivity index (χ4n) is 1.27. The van der Waals surface area contributed by atoms with Crippen LogP contribution in [-0.4, -0.2) is 35.5 Å². The molecule has 0 aliphatic carbocycles. The maximum absolute atomic E-state index is 10.2. The summed E-state index contributed by atoms with van der Waals surface area (Å²) in [7, 11) is 1.57. The van der Waals surface area contributed by atoms with Crippen molar-refractivity contribution in [1.82, 2.24) is 20.3 Å². The van der Waals surface area contributed by atoms with E-state index >= 15 is 0 Å². The second kappa shape index (κ2) is 7.56. The van der Waals surface area contributed by atoms with Crippen LogP contribution in [0, 0.1) is 10.1 Å². The molecule has 3 N–H and O–H groups in total. The standard InChI is InChI=1S/C9H16N6O2S/c1-7(8-3-6-18-14-8)11-4-5-12-9(10-2)13-15(16)17/h3,6-7,11H,4-5H2,1-2H3,(H2,10,12,13). The second-order valence-corrected chi connectivity index (χ2v) is 4.13. The molecule has 1 aromatic rings. The van der Waals surface area contributed by atoms with Crippen molar-refractivity contribution < 1.29 is 5.03 Å². The number of hydrogen-bond acceptors (Lipinski definition) is 5. The Balaban J connectivity index is 2.24.